The zero-order valence-corrected chi connectivity index (χ0v) is 17.8. The van der Waals surface area contributed by atoms with Crippen molar-refractivity contribution in [1.29, 1.82) is 0 Å². The first-order chi connectivity index (χ1) is 14.8. The lowest BCUT2D eigenvalue weighted by Gasteiger charge is -2.40. The monoisotopic (exact) mass is 419 g/mol. The summed E-state index contributed by atoms with van der Waals surface area (Å²) in [6.07, 6.45) is 0.819. The third-order valence-corrected chi connectivity index (χ3v) is 5.80. The molecule has 2 aromatic rings. The van der Waals surface area contributed by atoms with Gasteiger partial charge in [0, 0.05) is 29.5 Å². The van der Waals surface area contributed by atoms with Crippen molar-refractivity contribution in [3.63, 3.8) is 0 Å². The fourth-order valence-corrected chi connectivity index (χ4v) is 4.42. The van der Waals surface area contributed by atoms with E-state index in [0.29, 0.717) is 41.1 Å². The number of Topliss-reactive ketones (excluding diaryl/α,β-unsaturated/α-hetero) is 1. The normalized spacial score (nSPS) is 22.4. The van der Waals surface area contributed by atoms with Crippen molar-refractivity contribution in [2.24, 2.45) is 5.41 Å². The number of methoxy groups -OCH3 is 1. The van der Waals surface area contributed by atoms with E-state index in [-0.39, 0.29) is 11.2 Å². The quantitative estimate of drug-likeness (QED) is 0.763. The maximum Gasteiger partial charge on any atom is 0.334 e. The van der Waals surface area contributed by atoms with Crippen LogP contribution >= 0.6 is 0 Å². The molecule has 1 N–H and O–H groups in total. The summed E-state index contributed by atoms with van der Waals surface area (Å²) in [7, 11) is 1.54. The van der Waals surface area contributed by atoms with Crippen LogP contribution in [-0.4, -0.2) is 30.8 Å². The maximum atomic E-state index is 13.2. The predicted octanol–water partition coefficient (Wildman–Crippen LogP) is 3.78. The Bertz CT molecular complexity index is 1070. The molecule has 0 aromatic heterocycles. The highest BCUT2D eigenvalue weighted by Gasteiger charge is 2.48. The molecule has 0 saturated heterocycles. The summed E-state index contributed by atoms with van der Waals surface area (Å²) in [5.74, 6) is -0.810. The molecule has 2 aromatic carbocycles. The summed E-state index contributed by atoms with van der Waals surface area (Å²) in [5.41, 5.74) is 1.23. The second kappa shape index (κ2) is 8.02. The SMILES string of the molecule is COc1ccccc1[C@@H]1C2=C(CC(C)(C)CC2=O)OC(=O)[C@@H]1NC(=O)c1ccccc1. The Labute approximate surface area is 181 Å². The van der Waals surface area contributed by atoms with E-state index < -0.39 is 23.8 Å². The number of carbonyl (C=O) groups excluding carboxylic acids is 3. The fraction of sp³-hybridized carbons (Fsp3) is 0.320. The molecule has 31 heavy (non-hydrogen) atoms. The lowest BCUT2D eigenvalue weighted by Crippen LogP contribution is -2.51. The molecular formula is C25H25NO5. The Hall–Kier alpha value is -3.41. The number of amides is 1. The van der Waals surface area contributed by atoms with Crippen molar-refractivity contribution < 1.29 is 23.9 Å². The minimum atomic E-state index is -1.05. The third kappa shape index (κ3) is 3.98. The lowest BCUT2D eigenvalue weighted by molar-refractivity contribution is -0.145. The van der Waals surface area contributed by atoms with Gasteiger partial charge in [-0.1, -0.05) is 50.2 Å². The van der Waals surface area contributed by atoms with Crippen molar-refractivity contribution in [1.82, 2.24) is 5.32 Å². The van der Waals surface area contributed by atoms with E-state index in [4.69, 9.17) is 9.47 Å². The molecule has 1 aliphatic carbocycles. The number of esters is 1. The van der Waals surface area contributed by atoms with Gasteiger partial charge in [-0.15, -0.1) is 0 Å². The smallest absolute Gasteiger partial charge is 0.334 e. The van der Waals surface area contributed by atoms with Crippen LogP contribution < -0.4 is 10.1 Å². The number of hydrogen-bond donors (Lipinski definition) is 1. The average Bonchev–Trinajstić information content (AvgIpc) is 2.74. The number of allylic oxidation sites excluding steroid dienone is 1. The molecule has 2 atom stereocenters. The summed E-state index contributed by atoms with van der Waals surface area (Å²) >= 11 is 0. The van der Waals surface area contributed by atoms with E-state index in [0.717, 1.165) is 0 Å². The highest BCUT2D eigenvalue weighted by Crippen LogP contribution is 2.47. The number of ketones is 1. The minimum absolute atomic E-state index is 0.0754. The van der Waals surface area contributed by atoms with E-state index in [1.165, 1.54) is 0 Å². The molecule has 0 spiro atoms. The predicted molar refractivity (Wildman–Crippen MR) is 115 cm³/mol. The van der Waals surface area contributed by atoms with E-state index >= 15 is 0 Å². The molecule has 0 fully saturated rings. The van der Waals surface area contributed by atoms with Gasteiger partial charge in [0.15, 0.2) is 5.78 Å². The van der Waals surface area contributed by atoms with Gasteiger partial charge in [0.25, 0.3) is 5.91 Å². The highest BCUT2D eigenvalue weighted by atomic mass is 16.5. The minimum Gasteiger partial charge on any atom is -0.496 e. The molecule has 6 nitrogen and oxygen atoms in total. The molecule has 0 unspecified atom stereocenters. The van der Waals surface area contributed by atoms with Crippen LogP contribution in [0.2, 0.25) is 0 Å². The molecule has 1 aliphatic heterocycles. The average molecular weight is 419 g/mol. The first-order valence-electron chi connectivity index (χ1n) is 10.3. The maximum absolute atomic E-state index is 13.2. The highest BCUT2D eigenvalue weighted by molar-refractivity contribution is 6.03. The molecule has 0 radical (unpaired) electrons. The van der Waals surface area contributed by atoms with Gasteiger partial charge in [0.05, 0.1) is 13.0 Å². The summed E-state index contributed by atoms with van der Waals surface area (Å²) in [6.45, 7) is 3.95. The van der Waals surface area contributed by atoms with Crippen LogP contribution in [-0.2, 0) is 14.3 Å². The first kappa shape index (κ1) is 20.8. The van der Waals surface area contributed by atoms with Crippen molar-refractivity contribution in [2.75, 3.05) is 7.11 Å². The molecule has 4 rings (SSSR count). The topological polar surface area (TPSA) is 81.7 Å². The zero-order valence-electron chi connectivity index (χ0n) is 17.8. The molecule has 160 valence electrons. The zero-order chi connectivity index (χ0) is 22.2. The molecule has 0 bridgehead atoms. The van der Waals surface area contributed by atoms with Crippen molar-refractivity contribution in [2.45, 2.75) is 38.6 Å². The number of hydrogen-bond acceptors (Lipinski definition) is 5. The molecule has 6 heteroatoms. The summed E-state index contributed by atoms with van der Waals surface area (Å²) in [5, 5.41) is 2.80. The molecule has 0 saturated carbocycles. The van der Waals surface area contributed by atoms with Crippen molar-refractivity contribution in [3.05, 3.63) is 77.1 Å². The Balaban J connectivity index is 1.82. The van der Waals surface area contributed by atoms with Gasteiger partial charge in [-0.25, -0.2) is 4.79 Å². The third-order valence-electron chi connectivity index (χ3n) is 5.80. The van der Waals surface area contributed by atoms with Crippen molar-refractivity contribution in [3.8, 4) is 5.75 Å². The van der Waals surface area contributed by atoms with Gasteiger partial charge in [-0.3, -0.25) is 9.59 Å². The van der Waals surface area contributed by atoms with E-state index in [1.807, 2.05) is 38.1 Å². The molecule has 1 amide bonds. The summed E-state index contributed by atoms with van der Waals surface area (Å²) in [4.78, 5) is 39.2. The van der Waals surface area contributed by atoms with Crippen LogP contribution in [0.4, 0.5) is 0 Å². The Morgan fingerprint density at radius 2 is 1.71 bits per heavy atom. The molecule has 2 aliphatic rings. The number of nitrogens with one attached hydrogen (secondary N) is 1. The summed E-state index contributed by atoms with van der Waals surface area (Å²) < 4.78 is 11.2. The fourth-order valence-electron chi connectivity index (χ4n) is 4.42. The lowest BCUT2D eigenvalue weighted by atomic mass is 9.69. The van der Waals surface area contributed by atoms with E-state index in [1.54, 1.807) is 37.4 Å². The standard InChI is InChI=1S/C25H25NO5/c1-25(2)13-17(27)21-19(14-25)31-24(29)22(26-23(28)15-9-5-4-6-10-15)20(21)16-11-7-8-12-18(16)30-3/h4-12,20,22H,13-14H2,1-3H3,(H,26,28)/t20-,22-/m1/s1. The van der Waals surface area contributed by atoms with Gasteiger partial charge < -0.3 is 14.8 Å². The number of benzene rings is 2. The molecular weight excluding hydrogens is 394 g/mol. The Morgan fingerprint density at radius 1 is 1.03 bits per heavy atom. The van der Waals surface area contributed by atoms with E-state index in [2.05, 4.69) is 5.32 Å². The number of ether oxygens (including phenoxy) is 2. The van der Waals surface area contributed by atoms with Crippen LogP contribution in [0.15, 0.2) is 65.9 Å². The van der Waals surface area contributed by atoms with Gasteiger partial charge in [0.2, 0.25) is 0 Å². The van der Waals surface area contributed by atoms with Crippen LogP contribution in [0.3, 0.4) is 0 Å². The van der Waals surface area contributed by atoms with Crippen molar-refractivity contribution >= 4 is 17.7 Å². The van der Waals surface area contributed by atoms with Gasteiger partial charge >= 0.3 is 5.97 Å². The van der Waals surface area contributed by atoms with E-state index in [9.17, 15) is 14.4 Å². The second-order valence-corrected chi connectivity index (χ2v) is 8.74. The van der Waals surface area contributed by atoms with Crippen LogP contribution in [0.1, 0.15) is 48.5 Å². The Kier molecular flexibility index (Phi) is 5.39. The number of carbonyl (C=O) groups is 3. The van der Waals surface area contributed by atoms with Crippen LogP contribution in [0.5, 0.6) is 5.75 Å². The van der Waals surface area contributed by atoms with Gasteiger partial charge in [-0.05, 0) is 23.6 Å². The number of rotatable bonds is 4. The van der Waals surface area contributed by atoms with Gasteiger partial charge in [-0.2, -0.15) is 0 Å². The number of para-hydroxylation sites is 1. The summed E-state index contributed by atoms with van der Waals surface area (Å²) in [6, 6.07) is 14.8. The largest absolute Gasteiger partial charge is 0.496 e. The Morgan fingerprint density at radius 3 is 2.42 bits per heavy atom. The van der Waals surface area contributed by atoms with Crippen LogP contribution in [0, 0.1) is 5.41 Å². The molecule has 1 heterocycles. The van der Waals surface area contributed by atoms with Gasteiger partial charge in [0.1, 0.15) is 17.6 Å². The second-order valence-electron chi connectivity index (χ2n) is 8.74. The van der Waals surface area contributed by atoms with Crippen LogP contribution in [0.25, 0.3) is 0 Å². The first-order valence-corrected chi connectivity index (χ1v) is 10.3.